The van der Waals surface area contributed by atoms with Gasteiger partial charge >= 0.3 is 5.97 Å². The van der Waals surface area contributed by atoms with Gasteiger partial charge in [-0.25, -0.2) is 14.8 Å². The molecule has 6 heteroatoms. The van der Waals surface area contributed by atoms with Crippen LogP contribution >= 0.6 is 11.6 Å². The Kier molecular flexibility index (Phi) is 4.98. The number of aryl methyl sites for hydroxylation is 2. The highest BCUT2D eigenvalue weighted by molar-refractivity contribution is 6.31. The molecule has 1 aromatic heterocycles. The molecule has 2 aromatic rings. The molecule has 0 amide bonds. The number of nitrogens with one attached hydrogen (secondary N) is 1. The van der Waals surface area contributed by atoms with Crippen LogP contribution in [0.15, 0.2) is 18.2 Å². The van der Waals surface area contributed by atoms with Crippen LogP contribution in [-0.4, -0.2) is 27.6 Å². The van der Waals surface area contributed by atoms with Crippen molar-refractivity contribution in [3.63, 3.8) is 0 Å². The van der Waals surface area contributed by atoms with Gasteiger partial charge in [-0.05, 0) is 38.0 Å². The molecule has 0 aliphatic rings. The number of rotatable bonds is 5. The average Bonchev–Trinajstić information content (AvgIpc) is 2.44. The average molecular weight is 320 g/mol. The van der Waals surface area contributed by atoms with Crippen molar-refractivity contribution in [2.75, 3.05) is 11.9 Å². The Labute approximate surface area is 134 Å². The molecule has 116 valence electrons. The molecule has 0 saturated carbocycles. The zero-order valence-corrected chi connectivity index (χ0v) is 13.5. The minimum atomic E-state index is -1.14. The summed E-state index contributed by atoms with van der Waals surface area (Å²) in [5.41, 5.74) is 3.55. The van der Waals surface area contributed by atoms with Crippen LogP contribution in [-0.2, 0) is 6.42 Å². The molecule has 2 N–H and O–H groups in total. The highest BCUT2D eigenvalue weighted by Gasteiger charge is 2.16. The van der Waals surface area contributed by atoms with Crippen LogP contribution in [0, 0.1) is 13.8 Å². The summed E-state index contributed by atoms with van der Waals surface area (Å²) in [6, 6.07) is 5.87. The van der Waals surface area contributed by atoms with E-state index < -0.39 is 5.97 Å². The molecule has 0 spiro atoms. The first-order chi connectivity index (χ1) is 10.4. The molecule has 0 radical (unpaired) electrons. The molecule has 5 nitrogen and oxygen atoms in total. The van der Waals surface area contributed by atoms with E-state index in [1.165, 1.54) is 0 Å². The summed E-state index contributed by atoms with van der Waals surface area (Å²) >= 11 is 6.29. The molecule has 2 rings (SSSR count). The molecule has 1 heterocycles. The van der Waals surface area contributed by atoms with Crippen LogP contribution < -0.4 is 5.32 Å². The number of aromatic nitrogens is 2. The van der Waals surface area contributed by atoms with Gasteiger partial charge in [-0.2, -0.15) is 0 Å². The lowest BCUT2D eigenvalue weighted by Gasteiger charge is -2.14. The molecule has 0 saturated heterocycles. The smallest absolute Gasteiger partial charge is 0.374 e. The summed E-state index contributed by atoms with van der Waals surface area (Å²) < 4.78 is 0. The van der Waals surface area contributed by atoms with Crippen LogP contribution in [0.25, 0.3) is 0 Å². The van der Waals surface area contributed by atoms with Crippen LogP contribution in [0.3, 0.4) is 0 Å². The zero-order chi connectivity index (χ0) is 16.3. The third-order valence-corrected chi connectivity index (χ3v) is 3.68. The van der Waals surface area contributed by atoms with Gasteiger partial charge in [0.25, 0.3) is 0 Å². The third-order valence-electron chi connectivity index (χ3n) is 3.33. The van der Waals surface area contributed by atoms with E-state index in [0.717, 1.165) is 16.7 Å². The van der Waals surface area contributed by atoms with Gasteiger partial charge < -0.3 is 10.4 Å². The van der Waals surface area contributed by atoms with Crippen molar-refractivity contribution < 1.29 is 9.90 Å². The van der Waals surface area contributed by atoms with Crippen LogP contribution in [0.5, 0.6) is 0 Å². The predicted molar refractivity (Wildman–Crippen MR) is 86.9 cm³/mol. The van der Waals surface area contributed by atoms with Gasteiger partial charge in [0, 0.05) is 29.2 Å². The van der Waals surface area contributed by atoms with Crippen LogP contribution in [0.4, 0.5) is 5.82 Å². The molecule has 22 heavy (non-hydrogen) atoms. The lowest BCUT2D eigenvalue weighted by Crippen LogP contribution is -2.13. The highest BCUT2D eigenvalue weighted by atomic mass is 35.5. The van der Waals surface area contributed by atoms with Crippen molar-refractivity contribution in [2.24, 2.45) is 0 Å². The normalized spacial score (nSPS) is 10.5. The molecular formula is C16H18ClN3O2. The molecule has 0 bridgehead atoms. The number of anilines is 1. The van der Waals surface area contributed by atoms with Crippen LogP contribution in [0.2, 0.25) is 5.02 Å². The van der Waals surface area contributed by atoms with Crippen LogP contribution in [0.1, 0.15) is 39.9 Å². The van der Waals surface area contributed by atoms with Gasteiger partial charge in [0.15, 0.2) is 0 Å². The fraction of sp³-hybridized carbons (Fsp3) is 0.312. The number of carboxylic acid groups (broad SMARTS) is 1. The number of carbonyl (C=O) groups is 1. The summed E-state index contributed by atoms with van der Waals surface area (Å²) in [6.45, 7) is 6.34. The minimum absolute atomic E-state index is 0.202. The monoisotopic (exact) mass is 319 g/mol. The second-order valence-electron chi connectivity index (χ2n) is 5.07. The zero-order valence-electron chi connectivity index (χ0n) is 12.8. The van der Waals surface area contributed by atoms with E-state index >= 15 is 0 Å². The van der Waals surface area contributed by atoms with E-state index in [2.05, 4.69) is 15.3 Å². The van der Waals surface area contributed by atoms with Crippen molar-refractivity contribution in [1.29, 1.82) is 0 Å². The fourth-order valence-electron chi connectivity index (χ4n) is 2.20. The summed E-state index contributed by atoms with van der Waals surface area (Å²) in [6.07, 6.45) is 0.549. The molecule has 0 aliphatic heterocycles. The van der Waals surface area contributed by atoms with Crippen molar-refractivity contribution in [2.45, 2.75) is 27.2 Å². The Balaban J connectivity index is 2.47. The number of benzene rings is 1. The van der Waals surface area contributed by atoms with E-state index in [0.29, 0.717) is 29.5 Å². The fourth-order valence-corrected chi connectivity index (χ4v) is 2.51. The predicted octanol–water partition coefficient (Wildman–Crippen LogP) is 3.47. The second kappa shape index (κ2) is 6.75. The van der Waals surface area contributed by atoms with Crippen molar-refractivity contribution in [3.05, 3.63) is 51.4 Å². The Bertz CT molecular complexity index is 717. The van der Waals surface area contributed by atoms with Crippen molar-refractivity contribution in [1.82, 2.24) is 9.97 Å². The highest BCUT2D eigenvalue weighted by Crippen LogP contribution is 2.25. The number of nitrogens with zero attached hydrogens (tertiary/aromatic N) is 2. The number of hydrogen-bond acceptors (Lipinski definition) is 4. The van der Waals surface area contributed by atoms with E-state index in [-0.39, 0.29) is 5.82 Å². The molecular weight excluding hydrogens is 302 g/mol. The van der Waals surface area contributed by atoms with Gasteiger partial charge in [-0.1, -0.05) is 23.7 Å². The SMILES string of the molecule is CCNc1nc(C(=O)O)nc(C)c1Cc1ccc(C)cc1Cl. The maximum Gasteiger partial charge on any atom is 0.374 e. The van der Waals surface area contributed by atoms with Gasteiger partial charge in [0.05, 0.1) is 0 Å². The molecule has 1 aromatic carbocycles. The van der Waals surface area contributed by atoms with Crippen molar-refractivity contribution in [3.8, 4) is 0 Å². The van der Waals surface area contributed by atoms with Gasteiger partial charge in [-0.3, -0.25) is 0 Å². The largest absolute Gasteiger partial charge is 0.475 e. The summed E-state index contributed by atoms with van der Waals surface area (Å²) in [5.74, 6) is -0.793. The quantitative estimate of drug-likeness (QED) is 0.882. The van der Waals surface area contributed by atoms with Crippen molar-refractivity contribution >= 4 is 23.4 Å². The van der Waals surface area contributed by atoms with E-state index in [1.54, 1.807) is 6.92 Å². The maximum atomic E-state index is 11.1. The van der Waals surface area contributed by atoms with Gasteiger partial charge in [-0.15, -0.1) is 0 Å². The molecule has 0 aliphatic carbocycles. The number of carboxylic acids is 1. The van der Waals surface area contributed by atoms with Gasteiger partial charge in [0.2, 0.25) is 5.82 Å². The molecule has 0 fully saturated rings. The Hall–Kier alpha value is -2.14. The lowest BCUT2D eigenvalue weighted by molar-refractivity contribution is 0.0683. The Morgan fingerprint density at radius 3 is 2.64 bits per heavy atom. The first-order valence-electron chi connectivity index (χ1n) is 7.02. The number of hydrogen-bond donors (Lipinski definition) is 2. The summed E-state index contributed by atoms with van der Waals surface area (Å²) in [7, 11) is 0. The molecule has 0 unspecified atom stereocenters. The molecule has 0 atom stereocenters. The minimum Gasteiger partial charge on any atom is -0.475 e. The Morgan fingerprint density at radius 2 is 2.05 bits per heavy atom. The Morgan fingerprint density at radius 1 is 1.32 bits per heavy atom. The summed E-state index contributed by atoms with van der Waals surface area (Å²) in [4.78, 5) is 19.3. The summed E-state index contributed by atoms with van der Waals surface area (Å²) in [5, 5.41) is 12.9. The standard InChI is InChI=1S/C16H18ClN3O2/c1-4-18-14-12(10(3)19-15(20-14)16(21)22)8-11-6-5-9(2)7-13(11)17/h5-7H,4,8H2,1-3H3,(H,21,22)(H,18,19,20). The first-order valence-corrected chi connectivity index (χ1v) is 7.39. The van der Waals surface area contributed by atoms with Gasteiger partial charge in [0.1, 0.15) is 5.82 Å². The first kappa shape index (κ1) is 16.2. The lowest BCUT2D eigenvalue weighted by atomic mass is 10.0. The second-order valence-corrected chi connectivity index (χ2v) is 5.47. The van der Waals surface area contributed by atoms with E-state index in [4.69, 9.17) is 16.7 Å². The third kappa shape index (κ3) is 3.54. The number of aromatic carboxylic acids is 1. The van der Waals surface area contributed by atoms with E-state index in [1.807, 2.05) is 32.0 Å². The number of halogens is 1. The maximum absolute atomic E-state index is 11.1. The van der Waals surface area contributed by atoms with E-state index in [9.17, 15) is 4.79 Å². The topological polar surface area (TPSA) is 75.1 Å².